The second-order valence-corrected chi connectivity index (χ2v) is 4.21. The molecule has 6 heteroatoms. The van der Waals surface area contributed by atoms with E-state index in [1.54, 1.807) is 0 Å². The molecular formula is C11H21N5O. The lowest BCUT2D eigenvalue weighted by molar-refractivity contribution is 0.316. The Morgan fingerprint density at radius 3 is 3.00 bits per heavy atom. The Morgan fingerprint density at radius 1 is 1.71 bits per heavy atom. The average Bonchev–Trinajstić information content (AvgIpc) is 2.66. The molecule has 96 valence electrons. The topological polar surface area (TPSA) is 88.5 Å². The average molecular weight is 239 g/mol. The highest BCUT2D eigenvalue weighted by Crippen LogP contribution is 2.07. The van der Waals surface area contributed by atoms with Crippen molar-refractivity contribution in [2.75, 3.05) is 0 Å². The number of nitrogens with zero attached hydrogens (tertiary/aromatic N) is 3. The van der Waals surface area contributed by atoms with Crippen LogP contribution < -0.4 is 11.1 Å². The third-order valence-electron chi connectivity index (χ3n) is 2.61. The molecule has 0 aliphatic carbocycles. The van der Waals surface area contributed by atoms with Gasteiger partial charge in [0.15, 0.2) is 0 Å². The third-order valence-corrected chi connectivity index (χ3v) is 2.61. The number of nitrogens with one attached hydrogen (secondary N) is 1. The minimum absolute atomic E-state index is 0.163. The Bertz CT molecular complexity index is 385. The number of aromatic nitrogens is 2. The van der Waals surface area contributed by atoms with E-state index in [2.05, 4.69) is 22.5 Å². The number of hydrogen-bond acceptors (Lipinski definition) is 4. The quantitative estimate of drug-likeness (QED) is 0.293. The van der Waals surface area contributed by atoms with Gasteiger partial charge in [-0.05, 0) is 13.3 Å². The van der Waals surface area contributed by atoms with Crippen LogP contribution in [0.1, 0.15) is 31.5 Å². The predicted octanol–water partition coefficient (Wildman–Crippen LogP) is 0.597. The predicted molar refractivity (Wildman–Crippen MR) is 66.9 cm³/mol. The van der Waals surface area contributed by atoms with Gasteiger partial charge in [-0.25, -0.2) is 0 Å². The molecule has 17 heavy (non-hydrogen) atoms. The van der Waals surface area contributed by atoms with Crippen LogP contribution in [-0.2, 0) is 20.0 Å². The lowest BCUT2D eigenvalue weighted by Crippen LogP contribution is -2.30. The van der Waals surface area contributed by atoms with E-state index in [0.717, 1.165) is 18.7 Å². The molecule has 1 aromatic rings. The normalized spacial score (nSPS) is 13.9. The van der Waals surface area contributed by atoms with E-state index in [1.807, 2.05) is 24.9 Å². The van der Waals surface area contributed by atoms with Gasteiger partial charge in [-0.3, -0.25) is 4.68 Å². The zero-order valence-electron chi connectivity index (χ0n) is 10.6. The van der Waals surface area contributed by atoms with Crippen LogP contribution in [0.2, 0.25) is 0 Å². The largest absolute Gasteiger partial charge is 0.409 e. The first-order chi connectivity index (χ1) is 8.06. The highest BCUT2D eigenvalue weighted by Gasteiger charge is 2.08. The van der Waals surface area contributed by atoms with Crippen LogP contribution in [0.15, 0.2) is 11.4 Å². The summed E-state index contributed by atoms with van der Waals surface area (Å²) >= 11 is 0. The molecule has 1 rings (SSSR count). The Labute approximate surface area is 101 Å². The van der Waals surface area contributed by atoms with E-state index in [-0.39, 0.29) is 11.9 Å². The molecule has 1 heterocycles. The maximum absolute atomic E-state index is 8.48. The minimum Gasteiger partial charge on any atom is -0.409 e. The van der Waals surface area contributed by atoms with E-state index in [0.29, 0.717) is 6.42 Å². The maximum Gasteiger partial charge on any atom is 0.140 e. The molecule has 0 aliphatic heterocycles. The van der Waals surface area contributed by atoms with Gasteiger partial charge >= 0.3 is 0 Å². The van der Waals surface area contributed by atoms with E-state index in [4.69, 9.17) is 10.9 Å². The van der Waals surface area contributed by atoms with Gasteiger partial charge in [-0.15, -0.1) is 0 Å². The molecule has 6 nitrogen and oxygen atoms in total. The molecule has 0 aromatic carbocycles. The molecule has 0 radical (unpaired) electrons. The van der Waals surface area contributed by atoms with Gasteiger partial charge in [-0.2, -0.15) is 5.10 Å². The first-order valence-corrected chi connectivity index (χ1v) is 5.78. The summed E-state index contributed by atoms with van der Waals surface area (Å²) in [5.41, 5.74) is 7.75. The third kappa shape index (κ3) is 4.07. The van der Waals surface area contributed by atoms with Crippen molar-refractivity contribution >= 4 is 5.84 Å². The van der Waals surface area contributed by atoms with E-state index in [9.17, 15) is 0 Å². The van der Waals surface area contributed by atoms with Crippen molar-refractivity contribution in [1.82, 2.24) is 15.1 Å². The monoisotopic (exact) mass is 239 g/mol. The minimum atomic E-state index is 0.163. The van der Waals surface area contributed by atoms with Crippen molar-refractivity contribution in [2.45, 2.75) is 39.3 Å². The molecule has 0 aliphatic rings. The highest BCUT2D eigenvalue weighted by atomic mass is 16.4. The highest BCUT2D eigenvalue weighted by molar-refractivity contribution is 5.80. The Balaban J connectivity index is 2.49. The summed E-state index contributed by atoms with van der Waals surface area (Å²) in [6.07, 6.45) is 3.47. The number of oxime groups is 1. The smallest absolute Gasteiger partial charge is 0.140 e. The first-order valence-electron chi connectivity index (χ1n) is 5.78. The zero-order chi connectivity index (χ0) is 12.8. The Kier molecular flexibility index (Phi) is 4.96. The Hall–Kier alpha value is -1.56. The summed E-state index contributed by atoms with van der Waals surface area (Å²) in [5.74, 6) is 0.243. The molecule has 0 spiro atoms. The number of nitrogens with two attached hydrogens (primary N) is 1. The molecule has 1 aromatic heterocycles. The summed E-state index contributed by atoms with van der Waals surface area (Å²) < 4.78 is 1.82. The van der Waals surface area contributed by atoms with Gasteiger partial charge < -0.3 is 16.3 Å². The molecule has 0 saturated carbocycles. The number of amidine groups is 1. The van der Waals surface area contributed by atoms with Gasteiger partial charge in [0.25, 0.3) is 0 Å². The van der Waals surface area contributed by atoms with E-state index >= 15 is 0 Å². The molecule has 1 atom stereocenters. The van der Waals surface area contributed by atoms with Crippen LogP contribution in [0, 0.1) is 0 Å². The lowest BCUT2D eigenvalue weighted by atomic mass is 10.2. The van der Waals surface area contributed by atoms with Crippen molar-refractivity contribution in [1.29, 1.82) is 0 Å². The fourth-order valence-corrected chi connectivity index (χ4v) is 1.74. The van der Waals surface area contributed by atoms with Crippen LogP contribution in [0.25, 0.3) is 0 Å². The molecule has 0 saturated heterocycles. The van der Waals surface area contributed by atoms with Gasteiger partial charge in [0, 0.05) is 37.8 Å². The van der Waals surface area contributed by atoms with Crippen LogP contribution in [0.3, 0.4) is 0 Å². The summed E-state index contributed by atoms with van der Waals surface area (Å²) in [6, 6.07) is 0.163. The van der Waals surface area contributed by atoms with E-state index in [1.165, 1.54) is 5.56 Å². The van der Waals surface area contributed by atoms with Crippen LogP contribution in [0.4, 0.5) is 0 Å². The number of rotatable bonds is 6. The number of aryl methyl sites for hydroxylation is 2. The van der Waals surface area contributed by atoms with Crippen molar-refractivity contribution < 1.29 is 5.21 Å². The SMILES string of the molecule is CCc1nn(C)cc1CNC(C)C/C(N)=N/O. The van der Waals surface area contributed by atoms with Crippen molar-refractivity contribution in [3.63, 3.8) is 0 Å². The summed E-state index contributed by atoms with van der Waals surface area (Å²) in [6.45, 7) is 4.84. The second kappa shape index (κ2) is 6.24. The summed E-state index contributed by atoms with van der Waals surface area (Å²) in [4.78, 5) is 0. The van der Waals surface area contributed by atoms with Crippen molar-refractivity contribution in [3.05, 3.63) is 17.5 Å². The second-order valence-electron chi connectivity index (χ2n) is 4.21. The maximum atomic E-state index is 8.48. The van der Waals surface area contributed by atoms with Crippen LogP contribution >= 0.6 is 0 Å². The first kappa shape index (κ1) is 13.5. The fraction of sp³-hybridized carbons (Fsp3) is 0.636. The molecule has 1 unspecified atom stereocenters. The molecule has 4 N–H and O–H groups in total. The molecular weight excluding hydrogens is 218 g/mol. The lowest BCUT2D eigenvalue weighted by Gasteiger charge is -2.12. The zero-order valence-corrected chi connectivity index (χ0v) is 10.6. The summed E-state index contributed by atoms with van der Waals surface area (Å²) in [5, 5.41) is 19.1. The van der Waals surface area contributed by atoms with Crippen molar-refractivity contribution in [3.8, 4) is 0 Å². The number of hydrogen-bond donors (Lipinski definition) is 3. The Morgan fingerprint density at radius 2 is 2.41 bits per heavy atom. The van der Waals surface area contributed by atoms with Gasteiger partial charge in [-0.1, -0.05) is 12.1 Å². The van der Waals surface area contributed by atoms with Crippen molar-refractivity contribution in [2.24, 2.45) is 17.9 Å². The summed E-state index contributed by atoms with van der Waals surface area (Å²) in [7, 11) is 1.92. The van der Waals surface area contributed by atoms with Gasteiger partial charge in [0.2, 0.25) is 0 Å². The molecule has 0 bridgehead atoms. The van der Waals surface area contributed by atoms with E-state index < -0.39 is 0 Å². The molecule has 0 fully saturated rings. The standard InChI is InChI=1S/C11H21N5O/c1-4-10-9(7-16(3)14-10)6-13-8(2)5-11(12)15-17/h7-8,13,17H,4-6H2,1-3H3,(H2,12,15). The van der Waals surface area contributed by atoms with Gasteiger partial charge in [0.05, 0.1) is 5.69 Å². The van der Waals surface area contributed by atoms with Gasteiger partial charge in [0.1, 0.15) is 5.84 Å². The van der Waals surface area contributed by atoms with Crippen LogP contribution in [0.5, 0.6) is 0 Å². The fourth-order valence-electron chi connectivity index (χ4n) is 1.74. The van der Waals surface area contributed by atoms with Crippen LogP contribution in [-0.4, -0.2) is 26.9 Å². The molecule has 0 amide bonds.